The number of pyridine rings is 1. The van der Waals surface area contributed by atoms with Crippen molar-refractivity contribution in [3.05, 3.63) is 36.7 Å². The lowest BCUT2D eigenvalue weighted by Gasteiger charge is -2.20. The summed E-state index contributed by atoms with van der Waals surface area (Å²) in [6.45, 7) is 1.22. The molecule has 0 spiro atoms. The van der Waals surface area contributed by atoms with Gasteiger partial charge in [0.2, 0.25) is 5.91 Å². The molecule has 3 N–H and O–H groups in total. The van der Waals surface area contributed by atoms with Crippen LogP contribution in [0.4, 0.5) is 17.3 Å². The van der Waals surface area contributed by atoms with Gasteiger partial charge < -0.3 is 16.0 Å². The Morgan fingerprint density at radius 3 is 2.40 bits per heavy atom. The highest BCUT2D eigenvalue weighted by Gasteiger charge is 2.20. The number of amides is 1. The van der Waals surface area contributed by atoms with Gasteiger partial charge in [-0.15, -0.1) is 10.2 Å². The highest BCUT2D eigenvalue weighted by molar-refractivity contribution is 5.78. The van der Waals surface area contributed by atoms with Gasteiger partial charge in [-0.3, -0.25) is 9.78 Å². The fraction of sp³-hybridized carbons (Fsp3) is 0.444. The molecule has 0 saturated heterocycles. The lowest BCUT2D eigenvalue weighted by atomic mass is 9.89. The number of nitrogens with zero attached hydrogens (tertiary/aromatic N) is 3. The minimum atomic E-state index is 0.185. The number of rotatable bonds is 7. The summed E-state index contributed by atoms with van der Waals surface area (Å²) in [6.07, 6.45) is 9.08. The smallest absolute Gasteiger partial charge is 0.223 e. The van der Waals surface area contributed by atoms with E-state index in [-0.39, 0.29) is 11.8 Å². The summed E-state index contributed by atoms with van der Waals surface area (Å²) in [7, 11) is 0. The van der Waals surface area contributed by atoms with Crippen LogP contribution in [0.1, 0.15) is 32.1 Å². The van der Waals surface area contributed by atoms with Gasteiger partial charge in [0, 0.05) is 37.1 Å². The predicted octanol–water partition coefficient (Wildman–Crippen LogP) is 2.72. The highest BCUT2D eigenvalue weighted by Crippen LogP contribution is 2.23. The summed E-state index contributed by atoms with van der Waals surface area (Å²) in [5.41, 5.74) is 0.912. The van der Waals surface area contributed by atoms with E-state index in [0.29, 0.717) is 24.7 Å². The van der Waals surface area contributed by atoms with Crippen LogP contribution in [0.25, 0.3) is 0 Å². The zero-order chi connectivity index (χ0) is 17.3. The standard InChI is InChI=1S/C18H24N6O/c25-18(14-4-2-1-3-5-14)21-13-12-20-16-6-7-17(24-23-16)22-15-8-10-19-11-9-15/h6-11,14H,1-5,12-13H2,(H,20,23)(H,21,25)(H,19,22,24). The first kappa shape index (κ1) is 17.1. The Hall–Kier alpha value is -2.70. The van der Waals surface area contributed by atoms with Gasteiger partial charge in [0.25, 0.3) is 0 Å². The maximum absolute atomic E-state index is 12.0. The molecule has 2 aromatic heterocycles. The van der Waals surface area contributed by atoms with Gasteiger partial charge >= 0.3 is 0 Å². The zero-order valence-corrected chi connectivity index (χ0v) is 14.2. The number of anilines is 3. The lowest BCUT2D eigenvalue weighted by Crippen LogP contribution is -2.35. The molecule has 0 atom stereocenters. The summed E-state index contributed by atoms with van der Waals surface area (Å²) in [4.78, 5) is 16.0. The molecule has 0 aromatic carbocycles. The van der Waals surface area contributed by atoms with Crippen LogP contribution >= 0.6 is 0 Å². The predicted molar refractivity (Wildman–Crippen MR) is 97.6 cm³/mol. The van der Waals surface area contributed by atoms with Crippen LogP contribution in [0.2, 0.25) is 0 Å². The molecule has 0 bridgehead atoms. The van der Waals surface area contributed by atoms with Crippen molar-refractivity contribution in [1.82, 2.24) is 20.5 Å². The Bertz CT molecular complexity index is 655. The van der Waals surface area contributed by atoms with Crippen molar-refractivity contribution in [3.63, 3.8) is 0 Å². The van der Waals surface area contributed by atoms with E-state index in [1.165, 1.54) is 19.3 Å². The zero-order valence-electron chi connectivity index (χ0n) is 14.2. The van der Waals surface area contributed by atoms with Crippen LogP contribution in [-0.2, 0) is 4.79 Å². The summed E-state index contributed by atoms with van der Waals surface area (Å²) in [6, 6.07) is 7.45. The molecule has 1 aliphatic carbocycles. The minimum absolute atomic E-state index is 0.185. The minimum Gasteiger partial charge on any atom is -0.367 e. The van der Waals surface area contributed by atoms with Crippen LogP contribution in [0.15, 0.2) is 36.7 Å². The van der Waals surface area contributed by atoms with Crippen molar-refractivity contribution in [3.8, 4) is 0 Å². The van der Waals surface area contributed by atoms with Gasteiger partial charge in [0.05, 0.1) is 0 Å². The van der Waals surface area contributed by atoms with Crippen molar-refractivity contribution >= 4 is 23.2 Å². The van der Waals surface area contributed by atoms with E-state index >= 15 is 0 Å². The van der Waals surface area contributed by atoms with Gasteiger partial charge in [-0.2, -0.15) is 0 Å². The van der Waals surface area contributed by atoms with Gasteiger partial charge in [-0.1, -0.05) is 19.3 Å². The molecule has 2 heterocycles. The van der Waals surface area contributed by atoms with Crippen molar-refractivity contribution in [1.29, 1.82) is 0 Å². The molecule has 0 aliphatic heterocycles. The number of carbonyl (C=O) groups excluding carboxylic acids is 1. The quantitative estimate of drug-likeness (QED) is 0.671. The van der Waals surface area contributed by atoms with Gasteiger partial charge in [0.15, 0.2) is 5.82 Å². The molecule has 1 amide bonds. The Balaban J connectivity index is 1.37. The normalized spacial score (nSPS) is 14.7. The van der Waals surface area contributed by atoms with Crippen LogP contribution < -0.4 is 16.0 Å². The first-order valence-electron chi connectivity index (χ1n) is 8.83. The van der Waals surface area contributed by atoms with Crippen LogP contribution in [0, 0.1) is 5.92 Å². The SMILES string of the molecule is O=C(NCCNc1ccc(Nc2ccncc2)nn1)C1CCCCC1. The van der Waals surface area contributed by atoms with E-state index in [1.807, 2.05) is 24.3 Å². The molecule has 132 valence electrons. The molecular formula is C18H24N6O. The summed E-state index contributed by atoms with van der Waals surface area (Å²) in [5.74, 6) is 1.74. The number of hydrogen-bond donors (Lipinski definition) is 3. The number of hydrogen-bond acceptors (Lipinski definition) is 6. The van der Waals surface area contributed by atoms with Crippen molar-refractivity contribution < 1.29 is 4.79 Å². The molecule has 25 heavy (non-hydrogen) atoms. The maximum Gasteiger partial charge on any atom is 0.223 e. The van der Waals surface area contributed by atoms with Crippen LogP contribution in [0.3, 0.4) is 0 Å². The fourth-order valence-electron chi connectivity index (χ4n) is 2.96. The second-order valence-corrected chi connectivity index (χ2v) is 6.22. The first-order chi connectivity index (χ1) is 12.3. The summed E-state index contributed by atoms with van der Waals surface area (Å²) in [5, 5.41) is 17.6. The van der Waals surface area contributed by atoms with E-state index in [4.69, 9.17) is 0 Å². The molecule has 7 nitrogen and oxygen atoms in total. The molecule has 1 saturated carbocycles. The summed E-state index contributed by atoms with van der Waals surface area (Å²) >= 11 is 0. The third-order valence-corrected chi connectivity index (χ3v) is 4.32. The van der Waals surface area contributed by atoms with Crippen LogP contribution in [-0.4, -0.2) is 34.2 Å². The topological polar surface area (TPSA) is 91.8 Å². The maximum atomic E-state index is 12.0. The number of aromatic nitrogens is 3. The number of carbonyl (C=O) groups is 1. The van der Waals surface area contributed by atoms with E-state index in [2.05, 4.69) is 31.1 Å². The van der Waals surface area contributed by atoms with E-state index in [0.717, 1.165) is 18.5 Å². The van der Waals surface area contributed by atoms with Crippen molar-refractivity contribution in [2.45, 2.75) is 32.1 Å². The molecule has 7 heteroatoms. The van der Waals surface area contributed by atoms with E-state index in [9.17, 15) is 4.79 Å². The molecule has 1 aliphatic rings. The van der Waals surface area contributed by atoms with E-state index in [1.54, 1.807) is 12.4 Å². The number of nitrogens with one attached hydrogen (secondary N) is 3. The molecule has 1 fully saturated rings. The highest BCUT2D eigenvalue weighted by atomic mass is 16.1. The average molecular weight is 340 g/mol. The Morgan fingerprint density at radius 1 is 0.960 bits per heavy atom. The second-order valence-electron chi connectivity index (χ2n) is 6.22. The molecule has 3 rings (SSSR count). The van der Waals surface area contributed by atoms with Gasteiger partial charge in [-0.25, -0.2) is 0 Å². The second kappa shape index (κ2) is 8.96. The molecular weight excluding hydrogens is 316 g/mol. The third kappa shape index (κ3) is 5.41. The van der Waals surface area contributed by atoms with Gasteiger partial charge in [0.1, 0.15) is 5.82 Å². The molecule has 0 radical (unpaired) electrons. The lowest BCUT2D eigenvalue weighted by molar-refractivity contribution is -0.125. The Kier molecular flexibility index (Phi) is 6.14. The van der Waals surface area contributed by atoms with Gasteiger partial charge in [-0.05, 0) is 37.1 Å². The summed E-state index contributed by atoms with van der Waals surface area (Å²) < 4.78 is 0. The van der Waals surface area contributed by atoms with Crippen LogP contribution in [0.5, 0.6) is 0 Å². The molecule has 0 unspecified atom stereocenters. The first-order valence-corrected chi connectivity index (χ1v) is 8.83. The van der Waals surface area contributed by atoms with Crippen molar-refractivity contribution in [2.75, 3.05) is 23.7 Å². The fourth-order valence-corrected chi connectivity index (χ4v) is 2.96. The molecule has 2 aromatic rings. The average Bonchev–Trinajstić information content (AvgIpc) is 2.68. The largest absolute Gasteiger partial charge is 0.367 e. The Morgan fingerprint density at radius 2 is 1.68 bits per heavy atom. The third-order valence-electron chi connectivity index (χ3n) is 4.32. The van der Waals surface area contributed by atoms with Crippen molar-refractivity contribution in [2.24, 2.45) is 5.92 Å². The van der Waals surface area contributed by atoms with E-state index < -0.39 is 0 Å². The Labute approximate surface area is 147 Å². The monoisotopic (exact) mass is 340 g/mol.